The molecule has 0 bridgehead atoms. The number of carbonyl (C=O) groups excluding carboxylic acids is 1. The van der Waals surface area contributed by atoms with Crippen molar-refractivity contribution < 1.29 is 9.53 Å². The van der Waals surface area contributed by atoms with Gasteiger partial charge in [0.1, 0.15) is 11.9 Å². The molecule has 0 saturated heterocycles. The summed E-state index contributed by atoms with van der Waals surface area (Å²) >= 11 is 0. The summed E-state index contributed by atoms with van der Waals surface area (Å²) in [4.78, 5) is 11.3. The van der Waals surface area contributed by atoms with Gasteiger partial charge in [-0.1, -0.05) is 12.1 Å². The van der Waals surface area contributed by atoms with Crippen molar-refractivity contribution in [2.24, 2.45) is 0 Å². The monoisotopic (exact) mass is 177 g/mol. The summed E-state index contributed by atoms with van der Waals surface area (Å²) in [5.41, 5.74) is 0.761. The van der Waals surface area contributed by atoms with Gasteiger partial charge in [-0.05, 0) is 19.1 Å². The zero-order chi connectivity index (χ0) is 9.26. The molecule has 0 aliphatic carbocycles. The fourth-order valence-electron chi connectivity index (χ4n) is 1.39. The lowest BCUT2D eigenvalue weighted by molar-refractivity contribution is -0.117. The van der Waals surface area contributed by atoms with Gasteiger partial charge in [0.2, 0.25) is 5.91 Å². The summed E-state index contributed by atoms with van der Waals surface area (Å²) in [7, 11) is 0. The van der Waals surface area contributed by atoms with E-state index in [1.807, 2.05) is 31.2 Å². The Morgan fingerprint density at radius 2 is 2.23 bits per heavy atom. The maximum absolute atomic E-state index is 11.3. The van der Waals surface area contributed by atoms with E-state index in [1.54, 1.807) is 0 Å². The zero-order valence-corrected chi connectivity index (χ0v) is 7.41. The third kappa shape index (κ3) is 1.64. The largest absolute Gasteiger partial charge is 0.488 e. The third-order valence-electron chi connectivity index (χ3n) is 1.96. The average Bonchev–Trinajstić information content (AvgIpc) is 2.20. The molecule has 0 saturated carbocycles. The molecule has 1 N–H and O–H groups in total. The first kappa shape index (κ1) is 8.10. The molecule has 1 aliphatic rings. The van der Waals surface area contributed by atoms with E-state index in [0.717, 1.165) is 11.4 Å². The van der Waals surface area contributed by atoms with Crippen LogP contribution in [-0.2, 0) is 4.79 Å². The van der Waals surface area contributed by atoms with Crippen LogP contribution in [0.15, 0.2) is 24.3 Å². The van der Waals surface area contributed by atoms with E-state index in [0.29, 0.717) is 6.42 Å². The van der Waals surface area contributed by atoms with Crippen LogP contribution in [0.2, 0.25) is 0 Å². The number of carbonyl (C=O) groups is 1. The topological polar surface area (TPSA) is 38.3 Å². The first-order chi connectivity index (χ1) is 6.25. The first-order valence-electron chi connectivity index (χ1n) is 4.31. The van der Waals surface area contributed by atoms with E-state index in [1.165, 1.54) is 0 Å². The van der Waals surface area contributed by atoms with Crippen molar-refractivity contribution in [2.45, 2.75) is 19.4 Å². The molecule has 68 valence electrons. The molecule has 0 spiro atoms. The zero-order valence-electron chi connectivity index (χ0n) is 7.41. The quantitative estimate of drug-likeness (QED) is 0.656. The smallest absolute Gasteiger partial charge is 0.228 e. The predicted molar refractivity (Wildman–Crippen MR) is 49.8 cm³/mol. The van der Waals surface area contributed by atoms with Gasteiger partial charge in [-0.3, -0.25) is 4.79 Å². The standard InChI is InChI=1S/C10H11NO2/c1-7-6-10(12)11-8-4-2-3-5-9(8)13-7/h2-5,7H,6H2,1H3,(H,11,12)/t7-/m1/s1. The van der Waals surface area contributed by atoms with Gasteiger partial charge >= 0.3 is 0 Å². The first-order valence-corrected chi connectivity index (χ1v) is 4.31. The van der Waals surface area contributed by atoms with Crippen molar-refractivity contribution in [3.8, 4) is 5.75 Å². The van der Waals surface area contributed by atoms with Gasteiger partial charge in [-0.15, -0.1) is 0 Å². The second kappa shape index (κ2) is 3.09. The van der Waals surface area contributed by atoms with E-state index in [9.17, 15) is 4.79 Å². The molecule has 2 rings (SSSR count). The molecule has 13 heavy (non-hydrogen) atoms. The molecule has 1 aromatic rings. The number of ether oxygens (including phenoxy) is 1. The van der Waals surface area contributed by atoms with Crippen molar-refractivity contribution in [3.63, 3.8) is 0 Å². The van der Waals surface area contributed by atoms with E-state index in [2.05, 4.69) is 5.32 Å². The van der Waals surface area contributed by atoms with Crippen LogP contribution in [0.4, 0.5) is 5.69 Å². The molecule has 3 heteroatoms. The molecule has 1 aromatic carbocycles. The van der Waals surface area contributed by atoms with Crippen LogP contribution in [0.3, 0.4) is 0 Å². The van der Waals surface area contributed by atoms with Crippen LogP contribution in [0.1, 0.15) is 13.3 Å². The summed E-state index contributed by atoms with van der Waals surface area (Å²) in [5, 5.41) is 2.79. The summed E-state index contributed by atoms with van der Waals surface area (Å²) in [5.74, 6) is 0.762. The molecule has 0 unspecified atom stereocenters. The minimum atomic E-state index is -0.0522. The number of amides is 1. The number of hydrogen-bond donors (Lipinski definition) is 1. The normalized spacial score (nSPS) is 21.0. The second-order valence-corrected chi connectivity index (χ2v) is 3.18. The number of para-hydroxylation sites is 2. The van der Waals surface area contributed by atoms with Gasteiger partial charge in [0.25, 0.3) is 0 Å². The number of hydrogen-bond acceptors (Lipinski definition) is 2. The summed E-state index contributed by atoms with van der Waals surface area (Å²) in [6.45, 7) is 1.89. The van der Waals surface area contributed by atoms with E-state index < -0.39 is 0 Å². The van der Waals surface area contributed by atoms with Gasteiger partial charge < -0.3 is 10.1 Å². The Hall–Kier alpha value is -1.51. The maximum atomic E-state index is 11.3. The van der Waals surface area contributed by atoms with Gasteiger partial charge in [0.05, 0.1) is 12.1 Å². The predicted octanol–water partition coefficient (Wildman–Crippen LogP) is 1.80. The van der Waals surface area contributed by atoms with Crippen LogP contribution in [0, 0.1) is 0 Å². The van der Waals surface area contributed by atoms with Crippen LogP contribution in [0.25, 0.3) is 0 Å². The summed E-state index contributed by atoms with van der Waals surface area (Å²) in [6, 6.07) is 7.46. The molecular weight excluding hydrogens is 166 g/mol. The highest BCUT2D eigenvalue weighted by molar-refractivity contribution is 5.93. The Bertz CT molecular complexity index is 335. The Kier molecular flexibility index (Phi) is 1.93. The van der Waals surface area contributed by atoms with E-state index in [4.69, 9.17) is 4.74 Å². The average molecular weight is 177 g/mol. The van der Waals surface area contributed by atoms with Crippen LogP contribution < -0.4 is 10.1 Å². The number of rotatable bonds is 0. The van der Waals surface area contributed by atoms with Gasteiger partial charge in [0.15, 0.2) is 0 Å². The van der Waals surface area contributed by atoms with Crippen LogP contribution >= 0.6 is 0 Å². The number of benzene rings is 1. The van der Waals surface area contributed by atoms with E-state index >= 15 is 0 Å². The number of nitrogens with one attached hydrogen (secondary N) is 1. The number of anilines is 1. The van der Waals surface area contributed by atoms with Crippen molar-refractivity contribution in [3.05, 3.63) is 24.3 Å². The van der Waals surface area contributed by atoms with Crippen molar-refractivity contribution in [1.82, 2.24) is 0 Å². The Balaban J connectivity index is 2.38. The lowest BCUT2D eigenvalue weighted by atomic mass is 10.3. The Labute approximate surface area is 76.7 Å². The second-order valence-electron chi connectivity index (χ2n) is 3.18. The van der Waals surface area contributed by atoms with Gasteiger partial charge in [-0.25, -0.2) is 0 Å². The summed E-state index contributed by atoms with van der Waals surface area (Å²) < 4.78 is 5.54. The van der Waals surface area contributed by atoms with Crippen LogP contribution in [-0.4, -0.2) is 12.0 Å². The third-order valence-corrected chi connectivity index (χ3v) is 1.96. The number of fused-ring (bicyclic) bond motifs is 1. The minimum Gasteiger partial charge on any atom is -0.488 e. The molecule has 1 amide bonds. The van der Waals surface area contributed by atoms with Gasteiger partial charge in [-0.2, -0.15) is 0 Å². The Morgan fingerprint density at radius 1 is 1.46 bits per heavy atom. The lowest BCUT2D eigenvalue weighted by Crippen LogP contribution is -2.17. The molecule has 3 nitrogen and oxygen atoms in total. The molecule has 0 fully saturated rings. The minimum absolute atomic E-state index is 0.0115. The molecule has 1 atom stereocenters. The highest BCUT2D eigenvalue weighted by Gasteiger charge is 2.17. The fraction of sp³-hybridized carbons (Fsp3) is 0.300. The Morgan fingerprint density at radius 3 is 3.08 bits per heavy atom. The highest BCUT2D eigenvalue weighted by Crippen LogP contribution is 2.27. The lowest BCUT2D eigenvalue weighted by Gasteiger charge is -2.10. The molecular formula is C10H11NO2. The SMILES string of the molecule is C[C@@H]1CC(=O)Nc2ccccc2O1. The molecule has 1 heterocycles. The molecule has 1 aliphatic heterocycles. The van der Waals surface area contributed by atoms with E-state index in [-0.39, 0.29) is 12.0 Å². The highest BCUT2D eigenvalue weighted by atomic mass is 16.5. The molecule has 0 aromatic heterocycles. The van der Waals surface area contributed by atoms with Crippen molar-refractivity contribution in [2.75, 3.05) is 5.32 Å². The van der Waals surface area contributed by atoms with Gasteiger partial charge in [0, 0.05) is 0 Å². The van der Waals surface area contributed by atoms with Crippen molar-refractivity contribution >= 4 is 11.6 Å². The fourth-order valence-corrected chi connectivity index (χ4v) is 1.39. The maximum Gasteiger partial charge on any atom is 0.228 e. The molecule has 0 radical (unpaired) electrons. The van der Waals surface area contributed by atoms with Crippen LogP contribution in [0.5, 0.6) is 5.75 Å². The summed E-state index contributed by atoms with van der Waals surface area (Å²) in [6.07, 6.45) is 0.359. The van der Waals surface area contributed by atoms with Crippen molar-refractivity contribution in [1.29, 1.82) is 0 Å².